The molecule has 39 heavy (non-hydrogen) atoms. The number of hydrogen-bond acceptors (Lipinski definition) is 7. The van der Waals surface area contributed by atoms with E-state index in [0.29, 0.717) is 41.5 Å². The van der Waals surface area contributed by atoms with Gasteiger partial charge in [-0.1, -0.05) is 31.2 Å². The topological polar surface area (TPSA) is 119 Å². The first-order valence-corrected chi connectivity index (χ1v) is 13.9. The average Bonchev–Trinajstić information content (AvgIpc) is 3.40. The Morgan fingerprint density at radius 3 is 2.82 bits per heavy atom. The first kappa shape index (κ1) is 27.1. The third-order valence-electron chi connectivity index (χ3n) is 7.75. The number of anilines is 2. The molecular weight excluding hydrogens is 494 g/mol. The molecule has 5 rings (SSSR count). The number of pyridine rings is 1. The molecule has 208 valence electrons. The van der Waals surface area contributed by atoms with Crippen molar-refractivity contribution in [3.63, 3.8) is 0 Å². The molecule has 0 bridgehead atoms. The monoisotopic (exact) mass is 533 g/mol. The Balaban J connectivity index is 1.36. The Morgan fingerprint density at radius 2 is 2.05 bits per heavy atom. The summed E-state index contributed by atoms with van der Waals surface area (Å²) in [5, 5.41) is 8.07. The number of amides is 2. The fourth-order valence-electron chi connectivity index (χ4n) is 5.55. The van der Waals surface area contributed by atoms with Crippen molar-refractivity contribution in [2.45, 2.75) is 57.7 Å². The van der Waals surface area contributed by atoms with Crippen LogP contribution in [0.15, 0.2) is 36.7 Å². The van der Waals surface area contributed by atoms with Gasteiger partial charge in [-0.15, -0.1) is 0 Å². The van der Waals surface area contributed by atoms with Crippen molar-refractivity contribution < 1.29 is 14.3 Å². The van der Waals surface area contributed by atoms with E-state index in [9.17, 15) is 9.59 Å². The van der Waals surface area contributed by atoms with E-state index in [4.69, 9.17) is 10.5 Å². The molecule has 3 atom stereocenters. The van der Waals surface area contributed by atoms with Gasteiger partial charge in [0.15, 0.2) is 0 Å². The molecule has 0 radical (unpaired) electrons. The van der Waals surface area contributed by atoms with Crippen molar-refractivity contribution in [3.05, 3.63) is 47.8 Å². The number of nitrogens with one attached hydrogen (secondary N) is 1. The van der Waals surface area contributed by atoms with Crippen LogP contribution in [0.5, 0.6) is 0 Å². The molecule has 1 aromatic carbocycles. The molecule has 10 heteroatoms. The second-order valence-electron chi connectivity index (χ2n) is 11.2. The van der Waals surface area contributed by atoms with Crippen molar-refractivity contribution in [2.75, 3.05) is 44.8 Å². The highest BCUT2D eigenvalue weighted by molar-refractivity contribution is 6.40. The van der Waals surface area contributed by atoms with Crippen molar-refractivity contribution in [2.24, 2.45) is 5.92 Å². The quantitative estimate of drug-likeness (QED) is 0.463. The number of benzene rings is 1. The number of ether oxygens (including phenoxy) is 1. The van der Waals surface area contributed by atoms with Crippen LogP contribution in [-0.4, -0.2) is 70.2 Å². The maximum absolute atomic E-state index is 13.6. The number of nitrogens with zero attached hydrogens (tertiary/aromatic N) is 5. The number of rotatable bonds is 6. The average molecular weight is 534 g/mol. The zero-order valence-electron chi connectivity index (χ0n) is 23.1. The number of piperidine rings is 1. The van der Waals surface area contributed by atoms with Crippen molar-refractivity contribution in [1.82, 2.24) is 24.6 Å². The second-order valence-corrected chi connectivity index (χ2v) is 11.2. The summed E-state index contributed by atoms with van der Waals surface area (Å²) in [5.74, 6) is -0.624. The molecule has 4 heterocycles. The molecule has 3 N–H and O–H groups in total. The molecule has 3 unspecified atom stereocenters. The fraction of sp³-hybridized carbons (Fsp3) is 0.517. The lowest BCUT2D eigenvalue weighted by molar-refractivity contribution is -0.146. The molecule has 10 nitrogen and oxygen atoms in total. The van der Waals surface area contributed by atoms with Crippen molar-refractivity contribution >= 4 is 34.2 Å². The Morgan fingerprint density at radius 1 is 1.21 bits per heavy atom. The zero-order valence-corrected chi connectivity index (χ0v) is 23.1. The first-order valence-electron chi connectivity index (χ1n) is 13.9. The van der Waals surface area contributed by atoms with E-state index in [2.05, 4.69) is 59.5 Å². The first-order chi connectivity index (χ1) is 18.8. The second kappa shape index (κ2) is 11.7. The van der Waals surface area contributed by atoms with Gasteiger partial charge in [0.05, 0.1) is 23.3 Å². The summed E-state index contributed by atoms with van der Waals surface area (Å²) in [6.45, 7) is 4.28. The van der Waals surface area contributed by atoms with Crippen LogP contribution in [0.1, 0.15) is 62.4 Å². The van der Waals surface area contributed by atoms with Gasteiger partial charge >= 0.3 is 11.8 Å². The highest BCUT2D eigenvalue weighted by Crippen LogP contribution is 2.34. The summed E-state index contributed by atoms with van der Waals surface area (Å²) in [6.07, 6.45) is 8.77. The number of fused-ring (bicyclic) bond motifs is 1. The number of carbonyl (C=O) groups excluding carboxylic acids is 2. The predicted octanol–water partition coefficient (Wildman–Crippen LogP) is 3.76. The van der Waals surface area contributed by atoms with Crippen LogP contribution in [-0.2, 0) is 20.7 Å². The minimum atomic E-state index is -0.700. The Labute approximate surface area is 229 Å². The Hall–Kier alpha value is -3.50. The summed E-state index contributed by atoms with van der Waals surface area (Å²) in [7, 11) is 4.12. The zero-order chi connectivity index (χ0) is 27.5. The Kier molecular flexibility index (Phi) is 8.13. The third kappa shape index (κ3) is 6.07. The molecule has 3 aromatic rings. The van der Waals surface area contributed by atoms with Gasteiger partial charge in [-0.25, -0.2) is 9.67 Å². The molecule has 2 amide bonds. The molecular formula is C29H39N7O3. The third-order valence-corrected chi connectivity index (χ3v) is 7.75. The molecule has 2 saturated heterocycles. The van der Waals surface area contributed by atoms with E-state index in [1.54, 1.807) is 15.8 Å². The van der Waals surface area contributed by atoms with Crippen LogP contribution < -0.4 is 11.1 Å². The Bertz CT molecular complexity index is 1330. The maximum Gasteiger partial charge on any atom is 0.314 e. The van der Waals surface area contributed by atoms with Crippen LogP contribution in [0.2, 0.25) is 0 Å². The van der Waals surface area contributed by atoms with E-state index in [0.717, 1.165) is 50.6 Å². The molecule has 2 aliphatic heterocycles. The molecule has 0 aliphatic carbocycles. The lowest BCUT2D eigenvalue weighted by Gasteiger charge is -2.38. The van der Waals surface area contributed by atoms with E-state index in [1.807, 2.05) is 6.07 Å². The lowest BCUT2D eigenvalue weighted by atomic mass is 9.89. The molecule has 0 spiro atoms. The predicted molar refractivity (Wildman–Crippen MR) is 151 cm³/mol. The van der Waals surface area contributed by atoms with Crippen molar-refractivity contribution in [1.29, 1.82) is 0 Å². The summed E-state index contributed by atoms with van der Waals surface area (Å²) in [4.78, 5) is 35.1. The summed E-state index contributed by atoms with van der Waals surface area (Å²) in [6, 6.07) is 8.26. The number of nitrogens with two attached hydrogens (primary N) is 1. The lowest BCUT2D eigenvalue weighted by Crippen LogP contribution is -2.46. The summed E-state index contributed by atoms with van der Waals surface area (Å²) in [5.41, 5.74) is 9.28. The van der Waals surface area contributed by atoms with Gasteiger partial charge in [0.25, 0.3) is 0 Å². The number of carbonyl (C=O) groups is 2. The highest BCUT2D eigenvalue weighted by Gasteiger charge is 2.34. The fourth-order valence-corrected chi connectivity index (χ4v) is 5.55. The van der Waals surface area contributed by atoms with Crippen LogP contribution in [0.25, 0.3) is 10.9 Å². The van der Waals surface area contributed by atoms with Gasteiger partial charge in [0.1, 0.15) is 17.6 Å². The smallest absolute Gasteiger partial charge is 0.314 e. The van der Waals surface area contributed by atoms with Crippen LogP contribution in [0, 0.1) is 5.92 Å². The largest absolute Gasteiger partial charge is 0.383 e. The van der Waals surface area contributed by atoms with Gasteiger partial charge < -0.3 is 25.6 Å². The minimum absolute atomic E-state index is 0.147. The number of aromatic nitrogens is 3. The highest BCUT2D eigenvalue weighted by atomic mass is 16.5. The molecule has 2 aliphatic rings. The van der Waals surface area contributed by atoms with Gasteiger partial charge in [0, 0.05) is 25.9 Å². The van der Waals surface area contributed by atoms with E-state index in [-0.39, 0.29) is 12.3 Å². The minimum Gasteiger partial charge on any atom is -0.383 e. The van der Waals surface area contributed by atoms with E-state index in [1.165, 1.54) is 11.8 Å². The number of likely N-dealkylation sites (tertiary alicyclic amines) is 1. The molecule has 2 fully saturated rings. The number of hydrogen-bond donors (Lipinski definition) is 2. The van der Waals surface area contributed by atoms with Gasteiger partial charge in [0.2, 0.25) is 0 Å². The standard InChI is InChI=1S/C29H39N7O3/c1-19-10-11-24(21-8-6-7-20(15-21)12-13-34(2)3)35(17-19)29(38)28(37)32-23-16-31-27(30)22-18-36(33-26(22)23)25-9-4-5-14-39-25/h6-8,15-16,18-19,24-25H,4-5,9-14,17H2,1-3H3,(H2,30,31)(H,32,37). The van der Waals surface area contributed by atoms with E-state index < -0.39 is 11.8 Å². The molecule has 2 aromatic heterocycles. The summed E-state index contributed by atoms with van der Waals surface area (Å²) >= 11 is 0. The van der Waals surface area contributed by atoms with E-state index >= 15 is 0 Å². The molecule has 0 saturated carbocycles. The van der Waals surface area contributed by atoms with Crippen molar-refractivity contribution in [3.8, 4) is 0 Å². The SMILES string of the molecule is CC1CCC(c2cccc(CCN(C)C)c2)N(C(=O)C(=O)Nc2cnc(N)c3cn(C4CCCCO4)nc23)C1. The van der Waals surface area contributed by atoms with Crippen LogP contribution >= 0.6 is 0 Å². The number of nitrogen functional groups attached to an aromatic ring is 1. The maximum atomic E-state index is 13.6. The van der Waals surface area contributed by atoms with Gasteiger partial charge in [-0.2, -0.15) is 5.10 Å². The van der Waals surface area contributed by atoms with Gasteiger partial charge in [-0.05, 0) is 69.7 Å². The van der Waals surface area contributed by atoms with Crippen LogP contribution in [0.3, 0.4) is 0 Å². The normalized spacial score (nSPS) is 21.8. The summed E-state index contributed by atoms with van der Waals surface area (Å²) < 4.78 is 7.60. The number of likely N-dealkylation sites (N-methyl/N-ethyl adjacent to an activating group) is 1. The van der Waals surface area contributed by atoms with Crippen LogP contribution in [0.4, 0.5) is 11.5 Å². The van der Waals surface area contributed by atoms with Gasteiger partial charge in [-0.3, -0.25) is 9.59 Å².